The van der Waals surface area contributed by atoms with E-state index in [-0.39, 0.29) is 11.6 Å². The quantitative estimate of drug-likeness (QED) is 0.905. The number of ether oxygens (including phenoxy) is 1. The lowest BCUT2D eigenvalue weighted by Crippen LogP contribution is -2.16. The van der Waals surface area contributed by atoms with Gasteiger partial charge in [-0.25, -0.2) is 4.39 Å². The van der Waals surface area contributed by atoms with Gasteiger partial charge in [0.25, 0.3) is 0 Å². The monoisotopic (exact) mass is 275 g/mol. The van der Waals surface area contributed by atoms with E-state index in [2.05, 4.69) is 0 Å². The maximum absolute atomic E-state index is 13.2. The number of phenols is 1. The van der Waals surface area contributed by atoms with Gasteiger partial charge in [0.15, 0.2) is 11.5 Å². The molecule has 0 spiro atoms. The number of nitrogens with zero attached hydrogens (tertiary/aromatic N) is 1. The van der Waals surface area contributed by atoms with E-state index in [4.69, 9.17) is 4.74 Å². The Morgan fingerprint density at radius 1 is 1.20 bits per heavy atom. The number of hydrogen-bond acceptors (Lipinski definition) is 3. The second-order valence-corrected chi connectivity index (χ2v) is 4.53. The molecular formula is C16H18FNO2. The second-order valence-electron chi connectivity index (χ2n) is 4.53. The zero-order chi connectivity index (χ0) is 14.5. The van der Waals surface area contributed by atoms with Crippen LogP contribution in [0.15, 0.2) is 42.5 Å². The summed E-state index contributed by atoms with van der Waals surface area (Å²) >= 11 is 0. The number of hydrogen-bond donors (Lipinski definition) is 1. The first-order valence-electron chi connectivity index (χ1n) is 6.52. The molecule has 0 saturated heterocycles. The second kappa shape index (κ2) is 6.28. The van der Waals surface area contributed by atoms with Crippen molar-refractivity contribution in [3.05, 3.63) is 53.8 Å². The minimum absolute atomic E-state index is 0.137. The topological polar surface area (TPSA) is 32.7 Å². The van der Waals surface area contributed by atoms with Crippen LogP contribution in [-0.4, -0.2) is 18.8 Å². The number of phenolic OH excluding ortho intramolecular Hbond substituents is 1. The molecule has 0 aliphatic carbocycles. The standard InChI is InChI=1S/C16H18FNO2/c1-3-20-15-9-4-6-12(16(15)19)11-18(2)14-8-5-7-13(17)10-14/h4-10,19H,3,11H2,1-2H3. The molecule has 0 bridgehead atoms. The summed E-state index contributed by atoms with van der Waals surface area (Å²) in [6.45, 7) is 2.83. The van der Waals surface area contributed by atoms with Gasteiger partial charge in [-0.2, -0.15) is 0 Å². The third kappa shape index (κ3) is 3.20. The van der Waals surface area contributed by atoms with Crippen LogP contribution in [0.3, 0.4) is 0 Å². The molecule has 20 heavy (non-hydrogen) atoms. The molecule has 0 heterocycles. The molecule has 0 amide bonds. The van der Waals surface area contributed by atoms with Crippen LogP contribution < -0.4 is 9.64 Å². The van der Waals surface area contributed by atoms with Crippen molar-refractivity contribution < 1.29 is 14.2 Å². The third-order valence-corrected chi connectivity index (χ3v) is 3.04. The molecule has 2 rings (SSSR count). The lowest BCUT2D eigenvalue weighted by molar-refractivity contribution is 0.316. The van der Waals surface area contributed by atoms with Crippen LogP contribution in [0.4, 0.5) is 10.1 Å². The molecule has 0 aromatic heterocycles. The maximum atomic E-state index is 13.2. The molecule has 2 aromatic carbocycles. The molecule has 0 atom stereocenters. The molecule has 0 radical (unpaired) electrons. The van der Waals surface area contributed by atoms with Gasteiger partial charge in [-0.05, 0) is 31.2 Å². The number of para-hydroxylation sites is 1. The van der Waals surface area contributed by atoms with Crippen LogP contribution in [0, 0.1) is 5.82 Å². The van der Waals surface area contributed by atoms with Crippen LogP contribution >= 0.6 is 0 Å². The van der Waals surface area contributed by atoms with E-state index in [0.717, 1.165) is 11.3 Å². The molecule has 0 aliphatic rings. The fourth-order valence-corrected chi connectivity index (χ4v) is 2.03. The SMILES string of the molecule is CCOc1cccc(CN(C)c2cccc(F)c2)c1O. The van der Waals surface area contributed by atoms with Crippen LogP contribution in [0.1, 0.15) is 12.5 Å². The summed E-state index contributed by atoms with van der Waals surface area (Å²) in [5.41, 5.74) is 1.49. The van der Waals surface area contributed by atoms with Gasteiger partial charge in [0.1, 0.15) is 5.82 Å². The summed E-state index contributed by atoms with van der Waals surface area (Å²) in [6.07, 6.45) is 0. The Kier molecular flexibility index (Phi) is 4.45. The fraction of sp³-hybridized carbons (Fsp3) is 0.250. The van der Waals surface area contributed by atoms with Gasteiger partial charge in [0, 0.05) is 24.8 Å². The molecule has 106 valence electrons. The van der Waals surface area contributed by atoms with Crippen molar-refractivity contribution in [3.63, 3.8) is 0 Å². The predicted octanol–water partition coefficient (Wildman–Crippen LogP) is 3.57. The van der Waals surface area contributed by atoms with Crippen molar-refractivity contribution >= 4 is 5.69 Å². The highest BCUT2D eigenvalue weighted by molar-refractivity contribution is 5.50. The van der Waals surface area contributed by atoms with Gasteiger partial charge in [0.05, 0.1) is 6.61 Å². The van der Waals surface area contributed by atoms with E-state index in [1.165, 1.54) is 12.1 Å². The molecule has 4 heteroatoms. The highest BCUT2D eigenvalue weighted by Gasteiger charge is 2.10. The van der Waals surface area contributed by atoms with Crippen LogP contribution in [0.5, 0.6) is 11.5 Å². The van der Waals surface area contributed by atoms with Crippen LogP contribution in [-0.2, 0) is 6.54 Å². The molecule has 3 nitrogen and oxygen atoms in total. The molecule has 2 aromatic rings. The van der Waals surface area contributed by atoms with Crippen molar-refractivity contribution in [1.82, 2.24) is 0 Å². The third-order valence-electron chi connectivity index (χ3n) is 3.04. The van der Waals surface area contributed by atoms with Gasteiger partial charge in [-0.1, -0.05) is 18.2 Å². The van der Waals surface area contributed by atoms with E-state index >= 15 is 0 Å². The largest absolute Gasteiger partial charge is 0.504 e. The van der Waals surface area contributed by atoms with E-state index in [0.29, 0.717) is 18.9 Å². The van der Waals surface area contributed by atoms with Gasteiger partial charge in [-0.15, -0.1) is 0 Å². The first-order valence-corrected chi connectivity index (χ1v) is 6.52. The Hall–Kier alpha value is -2.23. The van der Waals surface area contributed by atoms with E-state index in [9.17, 15) is 9.50 Å². The average molecular weight is 275 g/mol. The van der Waals surface area contributed by atoms with Gasteiger partial charge >= 0.3 is 0 Å². The van der Waals surface area contributed by atoms with E-state index in [1.54, 1.807) is 12.1 Å². The zero-order valence-corrected chi connectivity index (χ0v) is 11.6. The molecule has 0 aliphatic heterocycles. The van der Waals surface area contributed by atoms with Crippen LogP contribution in [0.25, 0.3) is 0 Å². The summed E-state index contributed by atoms with van der Waals surface area (Å²) in [5.74, 6) is 0.330. The lowest BCUT2D eigenvalue weighted by atomic mass is 10.1. The van der Waals surface area contributed by atoms with Crippen molar-refractivity contribution in [3.8, 4) is 11.5 Å². The molecule has 0 unspecified atom stereocenters. The van der Waals surface area contributed by atoms with Crippen molar-refractivity contribution in [1.29, 1.82) is 0 Å². The van der Waals surface area contributed by atoms with Gasteiger partial charge < -0.3 is 14.7 Å². The van der Waals surface area contributed by atoms with E-state index < -0.39 is 0 Å². The summed E-state index contributed by atoms with van der Waals surface area (Å²) in [7, 11) is 1.85. The minimum Gasteiger partial charge on any atom is -0.504 e. The summed E-state index contributed by atoms with van der Waals surface area (Å²) in [6, 6.07) is 11.7. The van der Waals surface area contributed by atoms with Crippen molar-refractivity contribution in [2.75, 3.05) is 18.6 Å². The Balaban J connectivity index is 2.19. The Bertz CT molecular complexity index is 586. The zero-order valence-electron chi connectivity index (χ0n) is 11.6. The molecule has 0 fully saturated rings. The first kappa shape index (κ1) is 14.2. The Morgan fingerprint density at radius 2 is 1.95 bits per heavy atom. The maximum Gasteiger partial charge on any atom is 0.162 e. The highest BCUT2D eigenvalue weighted by atomic mass is 19.1. The molecule has 0 saturated carbocycles. The Morgan fingerprint density at radius 3 is 2.65 bits per heavy atom. The highest BCUT2D eigenvalue weighted by Crippen LogP contribution is 2.31. The molecule has 1 N–H and O–H groups in total. The number of rotatable bonds is 5. The molecular weight excluding hydrogens is 257 g/mol. The van der Waals surface area contributed by atoms with Crippen molar-refractivity contribution in [2.45, 2.75) is 13.5 Å². The number of aromatic hydroxyl groups is 1. The average Bonchev–Trinajstić information content (AvgIpc) is 2.43. The van der Waals surface area contributed by atoms with Crippen LogP contribution in [0.2, 0.25) is 0 Å². The number of anilines is 1. The predicted molar refractivity (Wildman–Crippen MR) is 77.8 cm³/mol. The van der Waals surface area contributed by atoms with Crippen molar-refractivity contribution in [2.24, 2.45) is 0 Å². The minimum atomic E-state index is -0.276. The van der Waals surface area contributed by atoms with Gasteiger partial charge in [-0.3, -0.25) is 0 Å². The smallest absolute Gasteiger partial charge is 0.162 e. The normalized spacial score (nSPS) is 10.3. The first-order chi connectivity index (χ1) is 9.61. The number of halogens is 1. The summed E-state index contributed by atoms with van der Waals surface area (Å²) in [5, 5.41) is 10.1. The summed E-state index contributed by atoms with van der Waals surface area (Å²) in [4.78, 5) is 1.87. The summed E-state index contributed by atoms with van der Waals surface area (Å²) < 4.78 is 18.6. The van der Waals surface area contributed by atoms with E-state index in [1.807, 2.05) is 37.1 Å². The fourth-order valence-electron chi connectivity index (χ4n) is 2.03. The van der Waals surface area contributed by atoms with Gasteiger partial charge in [0.2, 0.25) is 0 Å². The Labute approximate surface area is 118 Å². The lowest BCUT2D eigenvalue weighted by Gasteiger charge is -2.20. The number of benzene rings is 2.